The predicted octanol–water partition coefficient (Wildman–Crippen LogP) is 3.00. The molecule has 3 aliphatic rings. The number of carbonyl (C=O) groups excluding carboxylic acids is 1. The van der Waals surface area contributed by atoms with Crippen LogP contribution in [-0.2, 0) is 21.4 Å². The standard InChI is InChI=1S/C23H25F2N3O5S/c1-32-15-10-13-8-9-27-22(21(13)20(12-15)33-2)18-4-3-5-19(23(27)29)28(18)34(30,31)26-14-6-7-16(24)17(25)11-14/h6-7,10-12,18-19,22,26H,3-5,8-9H2,1-2H3. The third-order valence-electron chi connectivity index (χ3n) is 6.90. The van der Waals surface area contributed by atoms with Crippen molar-refractivity contribution in [3.63, 3.8) is 0 Å². The third-order valence-corrected chi connectivity index (χ3v) is 8.47. The van der Waals surface area contributed by atoms with E-state index in [4.69, 9.17) is 9.47 Å². The number of halogens is 2. The Kier molecular flexibility index (Phi) is 5.64. The maximum absolute atomic E-state index is 13.7. The summed E-state index contributed by atoms with van der Waals surface area (Å²) >= 11 is 0. The molecular formula is C23H25F2N3O5S. The van der Waals surface area contributed by atoms with Gasteiger partial charge in [-0.1, -0.05) is 0 Å². The van der Waals surface area contributed by atoms with Crippen molar-refractivity contribution in [1.82, 2.24) is 9.21 Å². The monoisotopic (exact) mass is 493 g/mol. The lowest BCUT2D eigenvalue weighted by atomic mass is 9.79. The molecule has 8 nitrogen and oxygen atoms in total. The highest BCUT2D eigenvalue weighted by molar-refractivity contribution is 7.90. The zero-order chi connectivity index (χ0) is 24.2. The van der Waals surface area contributed by atoms with Crippen LogP contribution in [0.25, 0.3) is 0 Å². The van der Waals surface area contributed by atoms with Crippen LogP contribution < -0.4 is 14.2 Å². The predicted molar refractivity (Wildman–Crippen MR) is 120 cm³/mol. The zero-order valence-electron chi connectivity index (χ0n) is 18.8. The molecule has 3 aliphatic heterocycles. The van der Waals surface area contributed by atoms with Crippen LogP contribution in [0.3, 0.4) is 0 Å². The number of rotatable bonds is 5. The van der Waals surface area contributed by atoms with Gasteiger partial charge in [0, 0.05) is 24.2 Å². The fourth-order valence-corrected chi connectivity index (χ4v) is 7.14. The van der Waals surface area contributed by atoms with Crippen LogP contribution >= 0.6 is 0 Å². The lowest BCUT2D eigenvalue weighted by Crippen LogP contribution is -2.67. The van der Waals surface area contributed by atoms with Crippen LogP contribution in [0.5, 0.6) is 11.5 Å². The van der Waals surface area contributed by atoms with E-state index in [1.165, 1.54) is 11.4 Å². The number of methoxy groups -OCH3 is 2. The first-order valence-corrected chi connectivity index (χ1v) is 12.5. The van der Waals surface area contributed by atoms with Gasteiger partial charge in [-0.3, -0.25) is 9.52 Å². The van der Waals surface area contributed by atoms with Gasteiger partial charge >= 0.3 is 10.2 Å². The number of amides is 1. The van der Waals surface area contributed by atoms with E-state index in [9.17, 15) is 22.0 Å². The molecule has 2 bridgehead atoms. The number of fused-ring (bicyclic) bond motifs is 6. The van der Waals surface area contributed by atoms with Gasteiger partial charge in [0.15, 0.2) is 11.6 Å². The summed E-state index contributed by atoms with van der Waals surface area (Å²) in [6.07, 6.45) is 2.23. The number of hydrogen-bond acceptors (Lipinski definition) is 5. The summed E-state index contributed by atoms with van der Waals surface area (Å²) in [5, 5.41) is 0. The lowest BCUT2D eigenvalue weighted by Gasteiger charge is -2.54. The Hall–Kier alpha value is -2.92. The van der Waals surface area contributed by atoms with Crippen LogP contribution in [0.1, 0.15) is 36.4 Å². The first-order valence-electron chi connectivity index (χ1n) is 11.1. The van der Waals surface area contributed by atoms with Crippen molar-refractivity contribution in [3.8, 4) is 11.5 Å². The molecule has 0 radical (unpaired) electrons. The summed E-state index contributed by atoms with van der Waals surface area (Å²) < 4.78 is 68.7. The fourth-order valence-electron chi connectivity index (χ4n) is 5.50. The molecule has 2 aromatic rings. The summed E-state index contributed by atoms with van der Waals surface area (Å²) in [5.41, 5.74) is 1.61. The summed E-state index contributed by atoms with van der Waals surface area (Å²) in [6.45, 7) is 0.463. The molecule has 0 aliphatic carbocycles. The Morgan fingerprint density at radius 3 is 2.56 bits per heavy atom. The number of hydrogen-bond donors (Lipinski definition) is 1. The number of piperidine rings is 1. The number of piperazine rings is 1. The number of benzene rings is 2. The van der Waals surface area contributed by atoms with E-state index in [0.717, 1.165) is 29.3 Å². The van der Waals surface area contributed by atoms with Gasteiger partial charge in [0.25, 0.3) is 0 Å². The van der Waals surface area contributed by atoms with Crippen molar-refractivity contribution in [2.75, 3.05) is 25.5 Å². The number of carbonyl (C=O) groups is 1. The van der Waals surface area contributed by atoms with E-state index >= 15 is 0 Å². The van der Waals surface area contributed by atoms with Crippen molar-refractivity contribution in [2.45, 2.75) is 43.8 Å². The fraction of sp³-hybridized carbons (Fsp3) is 0.435. The smallest absolute Gasteiger partial charge is 0.302 e. The number of nitrogens with zero attached hydrogens (tertiary/aromatic N) is 2. The molecule has 182 valence electrons. The molecule has 5 rings (SSSR count). The normalized spacial score (nSPS) is 24.3. The topological polar surface area (TPSA) is 88.2 Å². The zero-order valence-corrected chi connectivity index (χ0v) is 19.6. The molecule has 3 heterocycles. The Morgan fingerprint density at radius 2 is 1.85 bits per heavy atom. The van der Waals surface area contributed by atoms with E-state index in [-0.39, 0.29) is 11.6 Å². The second-order valence-corrected chi connectivity index (χ2v) is 10.3. The maximum Gasteiger partial charge on any atom is 0.302 e. The molecule has 0 saturated carbocycles. The van der Waals surface area contributed by atoms with Crippen molar-refractivity contribution in [2.24, 2.45) is 0 Å². The van der Waals surface area contributed by atoms with Gasteiger partial charge in [0.2, 0.25) is 5.91 Å². The van der Waals surface area contributed by atoms with Crippen LogP contribution in [0.2, 0.25) is 0 Å². The molecule has 3 unspecified atom stereocenters. The summed E-state index contributed by atoms with van der Waals surface area (Å²) in [5.74, 6) is -1.35. The Labute approximate surface area is 196 Å². The molecule has 0 spiro atoms. The van der Waals surface area contributed by atoms with Crippen molar-refractivity contribution < 1.29 is 31.5 Å². The van der Waals surface area contributed by atoms with Crippen LogP contribution in [0.4, 0.5) is 14.5 Å². The van der Waals surface area contributed by atoms with Crippen LogP contribution in [-0.4, -0.2) is 56.4 Å². The van der Waals surface area contributed by atoms with Gasteiger partial charge in [0.1, 0.15) is 17.5 Å². The van der Waals surface area contributed by atoms with Gasteiger partial charge in [-0.15, -0.1) is 0 Å². The first kappa shape index (κ1) is 22.9. The highest BCUT2D eigenvalue weighted by atomic mass is 32.2. The van der Waals surface area contributed by atoms with E-state index in [0.29, 0.717) is 43.7 Å². The minimum absolute atomic E-state index is 0.113. The number of ether oxygens (including phenoxy) is 2. The van der Waals surface area contributed by atoms with Crippen molar-refractivity contribution in [1.29, 1.82) is 0 Å². The second kappa shape index (κ2) is 8.38. The van der Waals surface area contributed by atoms with E-state index in [2.05, 4.69) is 4.72 Å². The molecule has 3 atom stereocenters. The third kappa shape index (κ3) is 3.58. The molecular weight excluding hydrogens is 468 g/mol. The summed E-state index contributed by atoms with van der Waals surface area (Å²) in [4.78, 5) is 15.3. The van der Waals surface area contributed by atoms with Gasteiger partial charge in [-0.05, 0) is 49.4 Å². The summed E-state index contributed by atoms with van der Waals surface area (Å²) in [6, 6.07) is 4.49. The highest BCUT2D eigenvalue weighted by Gasteiger charge is 2.55. The lowest BCUT2D eigenvalue weighted by molar-refractivity contribution is -0.150. The SMILES string of the molecule is COc1cc2c(c(OC)c1)C1C3CCCC(C(=O)N1CC2)N3S(=O)(=O)Nc1ccc(F)c(F)c1. The Bertz CT molecular complexity index is 1240. The molecule has 0 aromatic heterocycles. The molecule has 2 saturated heterocycles. The number of nitrogens with one attached hydrogen (secondary N) is 1. The Balaban J connectivity index is 1.59. The quantitative estimate of drug-likeness (QED) is 0.692. The maximum atomic E-state index is 13.7. The van der Waals surface area contributed by atoms with Crippen molar-refractivity contribution in [3.05, 3.63) is 53.1 Å². The van der Waals surface area contributed by atoms with E-state index in [1.807, 2.05) is 6.07 Å². The minimum Gasteiger partial charge on any atom is -0.497 e. The van der Waals surface area contributed by atoms with E-state index < -0.39 is 40.0 Å². The second-order valence-electron chi connectivity index (χ2n) is 8.71. The van der Waals surface area contributed by atoms with Gasteiger partial charge in [-0.25, -0.2) is 8.78 Å². The molecule has 2 aromatic carbocycles. The van der Waals surface area contributed by atoms with Gasteiger partial charge in [-0.2, -0.15) is 12.7 Å². The largest absolute Gasteiger partial charge is 0.497 e. The van der Waals surface area contributed by atoms with Crippen molar-refractivity contribution >= 4 is 21.8 Å². The number of anilines is 1. The molecule has 34 heavy (non-hydrogen) atoms. The summed E-state index contributed by atoms with van der Waals surface area (Å²) in [7, 11) is -1.17. The molecule has 1 amide bonds. The van der Waals surface area contributed by atoms with Crippen LogP contribution in [0, 0.1) is 11.6 Å². The highest BCUT2D eigenvalue weighted by Crippen LogP contribution is 2.49. The first-order chi connectivity index (χ1) is 16.2. The van der Waals surface area contributed by atoms with Gasteiger partial charge in [0.05, 0.1) is 32.0 Å². The van der Waals surface area contributed by atoms with Gasteiger partial charge < -0.3 is 14.4 Å². The Morgan fingerprint density at radius 1 is 1.06 bits per heavy atom. The van der Waals surface area contributed by atoms with E-state index in [1.54, 1.807) is 18.1 Å². The van der Waals surface area contributed by atoms with Crippen LogP contribution in [0.15, 0.2) is 30.3 Å². The molecule has 2 fully saturated rings. The molecule has 1 N–H and O–H groups in total. The average molecular weight is 494 g/mol. The minimum atomic E-state index is -4.26. The average Bonchev–Trinajstić information content (AvgIpc) is 2.83. The molecule has 11 heteroatoms.